The van der Waals surface area contributed by atoms with Gasteiger partial charge in [-0.2, -0.15) is 0 Å². The zero-order valence-electron chi connectivity index (χ0n) is 11.1. The SMILES string of the molecule is CCC1(C(=O)OC(C)(C)C)CC1(N)C(=O)OC. The van der Waals surface area contributed by atoms with Crippen LogP contribution in [0.2, 0.25) is 0 Å². The lowest BCUT2D eigenvalue weighted by molar-refractivity contribution is -0.165. The number of carbonyl (C=O) groups is 2. The number of nitrogens with two attached hydrogens (primary N) is 1. The molecular formula is C12H21NO4. The molecule has 0 aromatic heterocycles. The zero-order chi connectivity index (χ0) is 13.5. The lowest BCUT2D eigenvalue weighted by Gasteiger charge is -2.25. The van der Waals surface area contributed by atoms with Crippen molar-refractivity contribution < 1.29 is 19.1 Å². The average Bonchev–Trinajstić information content (AvgIpc) is 2.83. The first-order valence-electron chi connectivity index (χ1n) is 5.74. The molecule has 5 heteroatoms. The molecule has 1 aliphatic carbocycles. The molecule has 98 valence electrons. The van der Waals surface area contributed by atoms with Gasteiger partial charge < -0.3 is 15.2 Å². The van der Waals surface area contributed by atoms with Crippen molar-refractivity contribution in [1.29, 1.82) is 0 Å². The second-order valence-electron chi connectivity index (χ2n) is 5.58. The summed E-state index contributed by atoms with van der Waals surface area (Å²) in [5, 5.41) is 0. The van der Waals surface area contributed by atoms with Gasteiger partial charge in [-0.3, -0.25) is 9.59 Å². The smallest absolute Gasteiger partial charge is 0.327 e. The summed E-state index contributed by atoms with van der Waals surface area (Å²) in [6.45, 7) is 7.18. The van der Waals surface area contributed by atoms with Crippen LogP contribution in [0.5, 0.6) is 0 Å². The van der Waals surface area contributed by atoms with Gasteiger partial charge in [0.05, 0.1) is 12.5 Å². The van der Waals surface area contributed by atoms with E-state index in [2.05, 4.69) is 4.74 Å². The molecule has 2 unspecified atom stereocenters. The van der Waals surface area contributed by atoms with Crippen LogP contribution in [0.15, 0.2) is 0 Å². The van der Waals surface area contributed by atoms with Gasteiger partial charge in [-0.05, 0) is 33.6 Å². The summed E-state index contributed by atoms with van der Waals surface area (Å²) in [4.78, 5) is 23.7. The summed E-state index contributed by atoms with van der Waals surface area (Å²) >= 11 is 0. The molecule has 0 aromatic carbocycles. The number of ether oxygens (including phenoxy) is 2. The topological polar surface area (TPSA) is 78.6 Å². The van der Waals surface area contributed by atoms with E-state index in [0.717, 1.165) is 0 Å². The highest BCUT2D eigenvalue weighted by molar-refractivity contribution is 5.98. The molecule has 17 heavy (non-hydrogen) atoms. The molecule has 0 heterocycles. The summed E-state index contributed by atoms with van der Waals surface area (Å²) in [6, 6.07) is 0. The molecule has 0 aliphatic heterocycles. The highest BCUT2D eigenvalue weighted by Gasteiger charge is 2.75. The number of hydrogen-bond donors (Lipinski definition) is 1. The molecule has 2 N–H and O–H groups in total. The Labute approximate surface area is 102 Å². The van der Waals surface area contributed by atoms with Crippen LogP contribution >= 0.6 is 0 Å². The zero-order valence-corrected chi connectivity index (χ0v) is 11.1. The number of esters is 2. The standard InChI is InChI=1S/C12H21NO4/c1-6-11(8(14)17-10(2,3)4)7-12(11,13)9(15)16-5/h6-7,13H2,1-5H3. The van der Waals surface area contributed by atoms with Crippen molar-refractivity contribution in [3.05, 3.63) is 0 Å². The van der Waals surface area contributed by atoms with Crippen molar-refractivity contribution in [2.75, 3.05) is 7.11 Å². The van der Waals surface area contributed by atoms with Gasteiger partial charge in [0.25, 0.3) is 0 Å². The second kappa shape index (κ2) is 3.98. The first kappa shape index (κ1) is 14.0. The Balaban J connectivity index is 2.88. The van der Waals surface area contributed by atoms with Crippen molar-refractivity contribution in [2.45, 2.75) is 51.7 Å². The summed E-state index contributed by atoms with van der Waals surface area (Å²) in [7, 11) is 1.27. The van der Waals surface area contributed by atoms with Crippen molar-refractivity contribution >= 4 is 11.9 Å². The third-order valence-corrected chi connectivity index (χ3v) is 3.25. The van der Waals surface area contributed by atoms with Crippen LogP contribution in [-0.4, -0.2) is 30.2 Å². The Hall–Kier alpha value is -1.10. The van der Waals surface area contributed by atoms with Crippen LogP contribution in [-0.2, 0) is 19.1 Å². The van der Waals surface area contributed by atoms with Gasteiger partial charge in [0.2, 0.25) is 0 Å². The molecule has 1 rings (SSSR count). The lowest BCUT2D eigenvalue weighted by atomic mass is 9.96. The van der Waals surface area contributed by atoms with E-state index >= 15 is 0 Å². The van der Waals surface area contributed by atoms with E-state index in [1.165, 1.54) is 7.11 Å². The molecule has 0 saturated heterocycles. The number of carbonyl (C=O) groups excluding carboxylic acids is 2. The summed E-state index contributed by atoms with van der Waals surface area (Å²) in [6.07, 6.45) is 0.756. The minimum absolute atomic E-state index is 0.290. The van der Waals surface area contributed by atoms with Gasteiger partial charge in [-0.15, -0.1) is 0 Å². The fourth-order valence-corrected chi connectivity index (χ4v) is 2.10. The van der Waals surface area contributed by atoms with Crippen LogP contribution in [0.4, 0.5) is 0 Å². The first-order chi connectivity index (χ1) is 7.63. The van der Waals surface area contributed by atoms with Gasteiger partial charge in [-0.1, -0.05) is 6.92 Å². The number of hydrogen-bond acceptors (Lipinski definition) is 5. The monoisotopic (exact) mass is 243 g/mol. The predicted octanol–water partition coefficient (Wildman–Crippen LogP) is 0.999. The van der Waals surface area contributed by atoms with E-state index in [-0.39, 0.29) is 6.42 Å². The summed E-state index contributed by atoms with van der Waals surface area (Å²) < 4.78 is 9.96. The molecule has 1 fully saturated rings. The first-order valence-corrected chi connectivity index (χ1v) is 5.74. The maximum absolute atomic E-state index is 12.1. The van der Waals surface area contributed by atoms with E-state index in [0.29, 0.717) is 6.42 Å². The normalized spacial score (nSPS) is 31.9. The van der Waals surface area contributed by atoms with Gasteiger partial charge in [0.1, 0.15) is 11.1 Å². The molecule has 5 nitrogen and oxygen atoms in total. The number of rotatable bonds is 3. The molecule has 1 saturated carbocycles. The van der Waals surface area contributed by atoms with E-state index < -0.39 is 28.5 Å². The average molecular weight is 243 g/mol. The summed E-state index contributed by atoms with van der Waals surface area (Å²) in [5.41, 5.74) is 3.20. The molecule has 0 aromatic rings. The molecule has 1 aliphatic rings. The van der Waals surface area contributed by atoms with Crippen LogP contribution in [0.3, 0.4) is 0 Å². The van der Waals surface area contributed by atoms with Crippen LogP contribution < -0.4 is 5.73 Å². The van der Waals surface area contributed by atoms with Gasteiger partial charge in [0, 0.05) is 0 Å². The largest absolute Gasteiger partial charge is 0.468 e. The fourth-order valence-electron chi connectivity index (χ4n) is 2.10. The van der Waals surface area contributed by atoms with Crippen molar-refractivity contribution in [2.24, 2.45) is 11.1 Å². The van der Waals surface area contributed by atoms with Crippen molar-refractivity contribution in [3.8, 4) is 0 Å². The second-order valence-corrected chi connectivity index (χ2v) is 5.58. The molecule has 0 amide bonds. The van der Waals surface area contributed by atoms with Crippen LogP contribution in [0.25, 0.3) is 0 Å². The van der Waals surface area contributed by atoms with Gasteiger partial charge >= 0.3 is 11.9 Å². The fraction of sp³-hybridized carbons (Fsp3) is 0.833. The Morgan fingerprint density at radius 2 is 1.82 bits per heavy atom. The maximum Gasteiger partial charge on any atom is 0.327 e. The van der Waals surface area contributed by atoms with E-state index in [1.54, 1.807) is 20.8 Å². The molecule has 0 radical (unpaired) electrons. The van der Waals surface area contributed by atoms with E-state index in [4.69, 9.17) is 10.5 Å². The van der Waals surface area contributed by atoms with Crippen LogP contribution in [0, 0.1) is 5.41 Å². The minimum Gasteiger partial charge on any atom is -0.468 e. The maximum atomic E-state index is 12.1. The lowest BCUT2D eigenvalue weighted by Crippen LogP contribution is -2.45. The van der Waals surface area contributed by atoms with E-state index in [9.17, 15) is 9.59 Å². The quantitative estimate of drug-likeness (QED) is 0.748. The summed E-state index contributed by atoms with van der Waals surface area (Å²) in [5.74, 6) is -0.967. The van der Waals surface area contributed by atoms with Gasteiger partial charge in [-0.25, -0.2) is 0 Å². The minimum atomic E-state index is -1.22. The predicted molar refractivity (Wildman–Crippen MR) is 62.1 cm³/mol. The number of methoxy groups -OCH3 is 1. The van der Waals surface area contributed by atoms with E-state index in [1.807, 2.05) is 6.92 Å². The third kappa shape index (κ3) is 2.16. The Morgan fingerprint density at radius 1 is 1.29 bits per heavy atom. The molecule has 0 bridgehead atoms. The van der Waals surface area contributed by atoms with Crippen LogP contribution in [0.1, 0.15) is 40.5 Å². The third-order valence-electron chi connectivity index (χ3n) is 3.25. The molecule has 0 spiro atoms. The van der Waals surface area contributed by atoms with Crippen molar-refractivity contribution in [3.63, 3.8) is 0 Å². The molecular weight excluding hydrogens is 222 g/mol. The highest BCUT2D eigenvalue weighted by Crippen LogP contribution is 2.58. The Kier molecular flexibility index (Phi) is 3.27. The molecule has 2 atom stereocenters. The highest BCUT2D eigenvalue weighted by atomic mass is 16.6. The Bertz CT molecular complexity index is 347. The Morgan fingerprint density at radius 3 is 2.18 bits per heavy atom. The van der Waals surface area contributed by atoms with Crippen molar-refractivity contribution in [1.82, 2.24) is 0 Å². The van der Waals surface area contributed by atoms with Gasteiger partial charge in [0.15, 0.2) is 0 Å².